The van der Waals surface area contributed by atoms with Crippen molar-refractivity contribution in [3.8, 4) is 11.5 Å². The largest absolute Gasteiger partial charge is 0.493 e. The van der Waals surface area contributed by atoms with E-state index in [4.69, 9.17) is 9.47 Å². The summed E-state index contributed by atoms with van der Waals surface area (Å²) in [6.45, 7) is 7.26. The lowest BCUT2D eigenvalue weighted by molar-refractivity contribution is 0.252. The molecule has 1 aliphatic rings. The molecule has 2 aromatic carbocycles. The lowest BCUT2D eigenvalue weighted by atomic mass is 10.1. The molecular formula is C23H32N4O3. The van der Waals surface area contributed by atoms with Gasteiger partial charge in [0, 0.05) is 44.1 Å². The number of likely N-dealkylation sites (N-methyl/N-ethyl adjacent to an activating group) is 1. The first-order valence-corrected chi connectivity index (χ1v) is 10.5. The monoisotopic (exact) mass is 412 g/mol. The van der Waals surface area contributed by atoms with Crippen LogP contribution in [0, 0.1) is 0 Å². The molecule has 0 aliphatic carbocycles. The molecule has 30 heavy (non-hydrogen) atoms. The maximum atomic E-state index is 12.2. The van der Waals surface area contributed by atoms with Crippen molar-refractivity contribution in [2.75, 3.05) is 63.7 Å². The Morgan fingerprint density at radius 1 is 1.03 bits per heavy atom. The number of anilines is 2. The smallest absolute Gasteiger partial charge is 0.319 e. The van der Waals surface area contributed by atoms with Crippen molar-refractivity contribution in [2.45, 2.75) is 13.3 Å². The molecule has 2 amide bonds. The molecule has 7 heteroatoms. The zero-order valence-electron chi connectivity index (χ0n) is 18.1. The molecule has 0 saturated carbocycles. The van der Waals surface area contributed by atoms with Crippen molar-refractivity contribution in [1.82, 2.24) is 10.2 Å². The molecule has 0 spiro atoms. The van der Waals surface area contributed by atoms with E-state index in [0.29, 0.717) is 25.3 Å². The molecule has 0 bridgehead atoms. The highest BCUT2D eigenvalue weighted by Crippen LogP contribution is 2.28. The molecule has 1 saturated heterocycles. The summed E-state index contributed by atoms with van der Waals surface area (Å²) in [4.78, 5) is 16.9. The summed E-state index contributed by atoms with van der Waals surface area (Å²) in [5.74, 6) is 1.44. The Morgan fingerprint density at radius 2 is 1.77 bits per heavy atom. The fourth-order valence-corrected chi connectivity index (χ4v) is 3.46. The topological polar surface area (TPSA) is 66.1 Å². The number of nitrogens with zero attached hydrogens (tertiary/aromatic N) is 2. The number of methoxy groups -OCH3 is 1. The van der Waals surface area contributed by atoms with E-state index < -0.39 is 0 Å². The molecule has 1 fully saturated rings. The number of amides is 2. The van der Waals surface area contributed by atoms with Crippen LogP contribution >= 0.6 is 0 Å². The third-order valence-corrected chi connectivity index (χ3v) is 5.22. The number of rotatable bonds is 8. The van der Waals surface area contributed by atoms with Crippen LogP contribution in [-0.2, 0) is 6.42 Å². The van der Waals surface area contributed by atoms with Crippen molar-refractivity contribution in [1.29, 1.82) is 0 Å². The summed E-state index contributed by atoms with van der Waals surface area (Å²) >= 11 is 0. The fourth-order valence-electron chi connectivity index (χ4n) is 3.46. The SMILES string of the molecule is CCOc1ccc(CCNC(=O)Nc2ccc(N3CCN(C)CC3)cc2)cc1OC. The summed E-state index contributed by atoms with van der Waals surface area (Å²) in [5, 5.41) is 5.79. The Bertz CT molecular complexity index is 818. The van der Waals surface area contributed by atoms with Crippen LogP contribution in [0.15, 0.2) is 42.5 Å². The van der Waals surface area contributed by atoms with Gasteiger partial charge in [-0.15, -0.1) is 0 Å². The Hall–Kier alpha value is -2.93. The van der Waals surface area contributed by atoms with Crippen molar-refractivity contribution in [3.05, 3.63) is 48.0 Å². The fraction of sp³-hybridized carbons (Fsp3) is 0.435. The summed E-state index contributed by atoms with van der Waals surface area (Å²) < 4.78 is 10.9. The number of nitrogens with one attached hydrogen (secondary N) is 2. The van der Waals surface area contributed by atoms with E-state index in [0.717, 1.165) is 43.2 Å². The molecular weight excluding hydrogens is 380 g/mol. The second-order valence-corrected chi connectivity index (χ2v) is 7.39. The normalized spacial score (nSPS) is 14.3. The molecule has 1 aliphatic heterocycles. The Labute approximate surface area is 179 Å². The molecule has 0 aromatic heterocycles. The number of urea groups is 1. The Morgan fingerprint density at radius 3 is 2.43 bits per heavy atom. The van der Waals surface area contributed by atoms with Crippen molar-refractivity contribution < 1.29 is 14.3 Å². The van der Waals surface area contributed by atoms with E-state index >= 15 is 0 Å². The van der Waals surface area contributed by atoms with Gasteiger partial charge in [-0.1, -0.05) is 6.07 Å². The number of ether oxygens (including phenoxy) is 2. The number of piperazine rings is 1. The molecule has 3 rings (SSSR count). The van der Waals surface area contributed by atoms with E-state index in [-0.39, 0.29) is 6.03 Å². The van der Waals surface area contributed by atoms with Crippen LogP contribution in [-0.4, -0.2) is 64.4 Å². The van der Waals surface area contributed by atoms with Gasteiger partial charge in [0.2, 0.25) is 0 Å². The van der Waals surface area contributed by atoms with Crippen molar-refractivity contribution in [2.24, 2.45) is 0 Å². The van der Waals surface area contributed by atoms with Gasteiger partial charge in [0.15, 0.2) is 11.5 Å². The van der Waals surface area contributed by atoms with Crippen molar-refractivity contribution in [3.63, 3.8) is 0 Å². The van der Waals surface area contributed by atoms with E-state index in [1.165, 1.54) is 5.69 Å². The maximum absolute atomic E-state index is 12.2. The predicted octanol–water partition coefficient (Wildman–Crippen LogP) is 3.21. The minimum absolute atomic E-state index is 0.208. The maximum Gasteiger partial charge on any atom is 0.319 e. The van der Waals surface area contributed by atoms with Gasteiger partial charge in [0.1, 0.15) is 0 Å². The zero-order chi connectivity index (χ0) is 21.3. The van der Waals surface area contributed by atoms with Crippen LogP contribution in [0.3, 0.4) is 0 Å². The van der Waals surface area contributed by atoms with Gasteiger partial charge in [-0.05, 0) is 62.4 Å². The van der Waals surface area contributed by atoms with Crippen molar-refractivity contribution >= 4 is 17.4 Å². The first-order chi connectivity index (χ1) is 14.6. The summed E-state index contributed by atoms with van der Waals surface area (Å²) in [6.07, 6.45) is 0.707. The average molecular weight is 413 g/mol. The molecule has 162 valence electrons. The third kappa shape index (κ3) is 6.03. The van der Waals surface area contributed by atoms with Crippen LogP contribution in [0.25, 0.3) is 0 Å². The minimum atomic E-state index is -0.208. The van der Waals surface area contributed by atoms with Crippen LogP contribution in [0.4, 0.5) is 16.2 Å². The van der Waals surface area contributed by atoms with Gasteiger partial charge >= 0.3 is 6.03 Å². The highest BCUT2D eigenvalue weighted by molar-refractivity contribution is 5.89. The summed E-state index contributed by atoms with van der Waals surface area (Å²) in [7, 11) is 3.78. The van der Waals surface area contributed by atoms with Gasteiger partial charge < -0.3 is 29.9 Å². The Balaban J connectivity index is 1.44. The highest BCUT2D eigenvalue weighted by atomic mass is 16.5. The third-order valence-electron chi connectivity index (χ3n) is 5.22. The molecule has 2 aromatic rings. The van der Waals surface area contributed by atoms with Crippen LogP contribution < -0.4 is 25.0 Å². The molecule has 0 atom stereocenters. The van der Waals surface area contributed by atoms with Gasteiger partial charge in [0.25, 0.3) is 0 Å². The summed E-state index contributed by atoms with van der Waals surface area (Å²) in [6, 6.07) is 13.7. The predicted molar refractivity (Wildman–Crippen MR) is 121 cm³/mol. The average Bonchev–Trinajstić information content (AvgIpc) is 2.76. The van der Waals surface area contributed by atoms with Crippen LogP contribution in [0.1, 0.15) is 12.5 Å². The van der Waals surface area contributed by atoms with Crippen LogP contribution in [0.5, 0.6) is 11.5 Å². The first kappa shape index (κ1) is 21.8. The lowest BCUT2D eigenvalue weighted by Crippen LogP contribution is -2.44. The van der Waals surface area contributed by atoms with E-state index in [2.05, 4.69) is 39.6 Å². The number of hydrogen-bond donors (Lipinski definition) is 2. The van der Waals surface area contributed by atoms with E-state index in [1.54, 1.807) is 7.11 Å². The van der Waals surface area contributed by atoms with Gasteiger partial charge in [-0.2, -0.15) is 0 Å². The van der Waals surface area contributed by atoms with Gasteiger partial charge in [-0.25, -0.2) is 4.79 Å². The molecule has 2 N–H and O–H groups in total. The number of hydrogen-bond acceptors (Lipinski definition) is 5. The quantitative estimate of drug-likeness (QED) is 0.697. The second-order valence-electron chi connectivity index (χ2n) is 7.39. The number of carbonyl (C=O) groups is 1. The number of carbonyl (C=O) groups excluding carboxylic acids is 1. The molecule has 0 unspecified atom stereocenters. The zero-order valence-corrected chi connectivity index (χ0v) is 18.1. The van der Waals surface area contributed by atoms with E-state index in [1.807, 2.05) is 37.3 Å². The standard InChI is InChI=1S/C23H32N4O3/c1-4-30-21-10-5-18(17-22(21)29-3)11-12-24-23(28)25-19-6-8-20(9-7-19)27-15-13-26(2)14-16-27/h5-10,17H,4,11-16H2,1-3H3,(H2,24,25,28). The highest BCUT2D eigenvalue weighted by Gasteiger charge is 2.14. The lowest BCUT2D eigenvalue weighted by Gasteiger charge is -2.34. The Kier molecular flexibility index (Phi) is 7.79. The summed E-state index contributed by atoms with van der Waals surface area (Å²) in [5.41, 5.74) is 3.05. The van der Waals surface area contributed by atoms with E-state index in [9.17, 15) is 4.79 Å². The first-order valence-electron chi connectivity index (χ1n) is 10.5. The molecule has 0 radical (unpaired) electrons. The minimum Gasteiger partial charge on any atom is -0.493 e. The van der Waals surface area contributed by atoms with Gasteiger partial charge in [-0.3, -0.25) is 0 Å². The van der Waals surface area contributed by atoms with Gasteiger partial charge in [0.05, 0.1) is 13.7 Å². The van der Waals surface area contributed by atoms with Crippen LogP contribution in [0.2, 0.25) is 0 Å². The molecule has 1 heterocycles. The second kappa shape index (κ2) is 10.7. The number of benzene rings is 2. The molecule has 7 nitrogen and oxygen atoms in total.